The minimum Gasteiger partial charge on any atom is -0.354 e. The van der Waals surface area contributed by atoms with Crippen LogP contribution in [-0.2, 0) is 5.75 Å². The normalized spacial score (nSPS) is 11.0. The lowest BCUT2D eigenvalue weighted by Gasteiger charge is -2.06. The summed E-state index contributed by atoms with van der Waals surface area (Å²) in [4.78, 5) is 4.78. The molecule has 0 unspecified atom stereocenters. The summed E-state index contributed by atoms with van der Waals surface area (Å²) < 4.78 is 13.1. The summed E-state index contributed by atoms with van der Waals surface area (Å²) in [6.07, 6.45) is 0. The second-order valence-electron chi connectivity index (χ2n) is 5.66. The van der Waals surface area contributed by atoms with Crippen molar-refractivity contribution in [2.45, 2.75) is 10.6 Å². The van der Waals surface area contributed by atoms with Crippen LogP contribution in [0.4, 0.5) is 4.39 Å². The van der Waals surface area contributed by atoms with E-state index in [0.29, 0.717) is 0 Å². The fraction of sp³-hybridized carbons (Fsp3) is 0.0476. The number of fused-ring (bicyclic) bond motifs is 1. The van der Waals surface area contributed by atoms with Crippen LogP contribution in [0, 0.1) is 5.82 Å². The number of aromatic nitrogens is 1. The van der Waals surface area contributed by atoms with Crippen molar-refractivity contribution in [1.29, 1.82) is 0 Å². The highest BCUT2D eigenvalue weighted by Crippen LogP contribution is 2.38. The molecule has 1 N–H and O–H groups in total. The molecule has 1 aromatic heterocycles. The van der Waals surface area contributed by atoms with E-state index < -0.39 is 0 Å². The number of hydrogen-bond acceptors (Lipinski definition) is 1. The van der Waals surface area contributed by atoms with Crippen LogP contribution in [0.3, 0.4) is 0 Å². The summed E-state index contributed by atoms with van der Waals surface area (Å²) in [5.41, 5.74) is 4.57. The molecule has 1 heterocycles. The van der Waals surface area contributed by atoms with Crippen LogP contribution in [0.1, 0.15) is 5.56 Å². The minimum atomic E-state index is -0.194. The first-order valence-corrected chi connectivity index (χ1v) is 8.83. The van der Waals surface area contributed by atoms with Crippen molar-refractivity contribution in [3.05, 3.63) is 90.2 Å². The van der Waals surface area contributed by atoms with E-state index in [0.717, 1.165) is 22.5 Å². The summed E-state index contributed by atoms with van der Waals surface area (Å²) in [5.74, 6) is 0.614. The zero-order valence-electron chi connectivity index (χ0n) is 13.0. The van der Waals surface area contributed by atoms with Gasteiger partial charge < -0.3 is 4.98 Å². The number of halogens is 1. The monoisotopic (exact) mass is 333 g/mol. The smallest absolute Gasteiger partial charge is 0.123 e. The molecule has 0 saturated heterocycles. The van der Waals surface area contributed by atoms with Gasteiger partial charge in [0.2, 0.25) is 0 Å². The van der Waals surface area contributed by atoms with Crippen LogP contribution in [0.2, 0.25) is 0 Å². The second kappa shape index (κ2) is 6.54. The number of thioether (sulfide) groups is 1. The van der Waals surface area contributed by atoms with Crippen molar-refractivity contribution in [3.63, 3.8) is 0 Å². The molecule has 0 atom stereocenters. The summed E-state index contributed by atoms with van der Waals surface area (Å²) in [5, 5.41) is 1.23. The Morgan fingerprint density at radius 1 is 0.792 bits per heavy atom. The average molecular weight is 333 g/mol. The van der Waals surface area contributed by atoms with E-state index in [1.54, 1.807) is 11.8 Å². The molecule has 3 aromatic carbocycles. The van der Waals surface area contributed by atoms with Crippen molar-refractivity contribution < 1.29 is 4.39 Å². The van der Waals surface area contributed by atoms with Gasteiger partial charge in [-0.1, -0.05) is 60.7 Å². The Bertz CT molecular complexity index is 958. The van der Waals surface area contributed by atoms with Gasteiger partial charge in [0.1, 0.15) is 5.82 Å². The van der Waals surface area contributed by atoms with E-state index in [-0.39, 0.29) is 5.82 Å². The molecule has 0 spiro atoms. The molecule has 1 nitrogen and oxygen atoms in total. The Morgan fingerprint density at radius 3 is 2.29 bits per heavy atom. The zero-order valence-corrected chi connectivity index (χ0v) is 13.8. The predicted molar refractivity (Wildman–Crippen MR) is 99.7 cm³/mol. The third-order valence-corrected chi connectivity index (χ3v) is 5.21. The Hall–Kier alpha value is -2.52. The number of H-pyrrole nitrogens is 1. The number of rotatable bonds is 4. The number of para-hydroxylation sites is 1. The Morgan fingerprint density at radius 2 is 1.50 bits per heavy atom. The number of hydrogen-bond donors (Lipinski definition) is 1. The lowest BCUT2D eigenvalue weighted by Crippen LogP contribution is -1.83. The van der Waals surface area contributed by atoms with Crippen LogP contribution in [-0.4, -0.2) is 4.98 Å². The van der Waals surface area contributed by atoms with Gasteiger partial charge in [-0.3, -0.25) is 0 Å². The molecule has 0 radical (unpaired) electrons. The molecule has 0 fully saturated rings. The fourth-order valence-electron chi connectivity index (χ4n) is 2.81. The molecule has 0 aliphatic carbocycles. The van der Waals surface area contributed by atoms with Crippen LogP contribution in [0.5, 0.6) is 0 Å². The third-order valence-electron chi connectivity index (χ3n) is 4.02. The van der Waals surface area contributed by atoms with Crippen LogP contribution in [0.15, 0.2) is 83.8 Å². The topological polar surface area (TPSA) is 15.8 Å². The maximum Gasteiger partial charge on any atom is 0.123 e. The Balaban J connectivity index is 1.74. The molecule has 0 amide bonds. The van der Waals surface area contributed by atoms with E-state index in [2.05, 4.69) is 47.4 Å². The van der Waals surface area contributed by atoms with Crippen molar-refractivity contribution >= 4 is 22.7 Å². The first kappa shape index (κ1) is 15.0. The van der Waals surface area contributed by atoms with E-state index in [1.807, 2.05) is 24.3 Å². The molecule has 4 aromatic rings. The molecule has 0 aliphatic rings. The highest BCUT2D eigenvalue weighted by atomic mass is 32.2. The number of aromatic amines is 1. The molecule has 118 valence electrons. The van der Waals surface area contributed by atoms with Crippen molar-refractivity contribution in [1.82, 2.24) is 4.98 Å². The van der Waals surface area contributed by atoms with E-state index in [4.69, 9.17) is 0 Å². The SMILES string of the molecule is Fc1ccc(CSc2c(-c3ccccc3)[nH]c3ccccc23)cc1. The molecule has 0 aliphatic heterocycles. The molecule has 0 bridgehead atoms. The second-order valence-corrected chi connectivity index (χ2v) is 6.64. The van der Waals surface area contributed by atoms with Gasteiger partial charge in [-0.15, -0.1) is 11.8 Å². The summed E-state index contributed by atoms with van der Waals surface area (Å²) in [6, 6.07) is 25.4. The number of benzene rings is 3. The summed E-state index contributed by atoms with van der Waals surface area (Å²) in [6.45, 7) is 0. The predicted octanol–water partition coefficient (Wildman–Crippen LogP) is 6.27. The minimum absolute atomic E-state index is 0.194. The quantitative estimate of drug-likeness (QED) is 0.435. The first-order chi connectivity index (χ1) is 11.8. The van der Waals surface area contributed by atoms with Gasteiger partial charge in [0.15, 0.2) is 0 Å². The molecule has 3 heteroatoms. The summed E-state index contributed by atoms with van der Waals surface area (Å²) in [7, 11) is 0. The van der Waals surface area contributed by atoms with E-state index in [1.165, 1.54) is 28.0 Å². The van der Waals surface area contributed by atoms with Gasteiger partial charge in [0.25, 0.3) is 0 Å². The van der Waals surface area contributed by atoms with Crippen LogP contribution < -0.4 is 0 Å². The van der Waals surface area contributed by atoms with Crippen LogP contribution in [0.25, 0.3) is 22.2 Å². The largest absolute Gasteiger partial charge is 0.354 e. The van der Waals surface area contributed by atoms with Gasteiger partial charge in [0, 0.05) is 21.6 Å². The lowest BCUT2D eigenvalue weighted by atomic mass is 10.1. The average Bonchev–Trinajstić information content (AvgIpc) is 3.01. The van der Waals surface area contributed by atoms with E-state index in [9.17, 15) is 4.39 Å². The zero-order chi connectivity index (χ0) is 16.4. The van der Waals surface area contributed by atoms with Crippen LogP contribution >= 0.6 is 11.8 Å². The van der Waals surface area contributed by atoms with Gasteiger partial charge in [-0.2, -0.15) is 0 Å². The highest BCUT2D eigenvalue weighted by molar-refractivity contribution is 7.98. The first-order valence-electron chi connectivity index (χ1n) is 7.84. The van der Waals surface area contributed by atoms with Gasteiger partial charge in [0.05, 0.1) is 5.69 Å². The molecular formula is C21H16FNS. The third kappa shape index (κ3) is 2.95. The highest BCUT2D eigenvalue weighted by Gasteiger charge is 2.13. The standard InChI is InChI=1S/C21H16FNS/c22-17-12-10-15(11-13-17)14-24-21-18-8-4-5-9-19(18)23-20(21)16-6-2-1-3-7-16/h1-13,23H,14H2. The number of nitrogens with one attached hydrogen (secondary N) is 1. The lowest BCUT2D eigenvalue weighted by molar-refractivity contribution is 0.627. The molecule has 4 rings (SSSR count). The maximum atomic E-state index is 13.1. The van der Waals surface area contributed by atoms with Gasteiger partial charge in [-0.05, 0) is 29.3 Å². The summed E-state index contributed by atoms with van der Waals surface area (Å²) >= 11 is 1.78. The molecule has 24 heavy (non-hydrogen) atoms. The molecular weight excluding hydrogens is 317 g/mol. The van der Waals surface area contributed by atoms with Gasteiger partial charge in [-0.25, -0.2) is 4.39 Å². The molecule has 0 saturated carbocycles. The Labute approximate surface area is 144 Å². The maximum absolute atomic E-state index is 13.1. The Kier molecular flexibility index (Phi) is 4.09. The van der Waals surface area contributed by atoms with E-state index >= 15 is 0 Å². The van der Waals surface area contributed by atoms with Crippen molar-refractivity contribution in [3.8, 4) is 11.3 Å². The van der Waals surface area contributed by atoms with Crippen molar-refractivity contribution in [2.24, 2.45) is 0 Å². The van der Waals surface area contributed by atoms with Crippen molar-refractivity contribution in [2.75, 3.05) is 0 Å². The fourth-order valence-corrected chi connectivity index (χ4v) is 3.96. The van der Waals surface area contributed by atoms with Gasteiger partial charge >= 0.3 is 0 Å².